The van der Waals surface area contributed by atoms with Crippen molar-refractivity contribution in [2.24, 2.45) is 0 Å². The summed E-state index contributed by atoms with van der Waals surface area (Å²) in [7, 11) is -2.06. The second-order valence-corrected chi connectivity index (χ2v) is 24.8. The van der Waals surface area contributed by atoms with Crippen LogP contribution in [0, 0.1) is 13.8 Å². The fourth-order valence-electron chi connectivity index (χ4n) is 6.87. The first-order chi connectivity index (χ1) is 19.6. The van der Waals surface area contributed by atoms with Crippen LogP contribution in [-0.4, -0.2) is 17.6 Å². The fraction of sp³-hybridized carbons (Fsp3) is 0.450. The maximum absolute atomic E-state index is 2.59. The topological polar surface area (TPSA) is 0 Å². The Morgan fingerprint density at radius 1 is 0.652 bits per heavy atom. The Kier molecular flexibility index (Phi) is 14.4. The quantitative estimate of drug-likeness (QED) is 0.324. The third kappa shape index (κ3) is 8.84. The monoisotopic (exact) mass is 744 g/mol. The smallest absolute Gasteiger partial charge is 1.00 e. The molecular formula is C40H55Cl3Si2Ti. The van der Waals surface area contributed by atoms with Crippen LogP contribution in [-0.2, 0) is 31.3 Å². The summed E-state index contributed by atoms with van der Waals surface area (Å²) in [5, 5.41) is 3.12. The van der Waals surface area contributed by atoms with Crippen molar-refractivity contribution in [2.45, 2.75) is 116 Å². The third-order valence-electron chi connectivity index (χ3n) is 9.87. The van der Waals surface area contributed by atoms with Crippen molar-refractivity contribution in [3.05, 3.63) is 111 Å². The molecule has 46 heavy (non-hydrogen) atoms. The number of hydrogen-bond acceptors (Lipinski definition) is 0. The van der Waals surface area contributed by atoms with Gasteiger partial charge in [-0.2, -0.15) is 0 Å². The normalized spacial score (nSPS) is 18.0. The summed E-state index contributed by atoms with van der Waals surface area (Å²) in [4.78, 5) is 0. The molecule has 0 N–H and O–H groups in total. The van der Waals surface area contributed by atoms with Crippen molar-refractivity contribution in [1.82, 2.24) is 0 Å². The Morgan fingerprint density at radius 2 is 1.11 bits per heavy atom. The molecule has 0 aromatic heterocycles. The van der Waals surface area contributed by atoms with E-state index < -0.39 is 17.6 Å². The van der Waals surface area contributed by atoms with Crippen molar-refractivity contribution in [2.75, 3.05) is 0 Å². The van der Waals surface area contributed by atoms with E-state index in [9.17, 15) is 0 Å². The van der Waals surface area contributed by atoms with Gasteiger partial charge in [0.15, 0.2) is 0 Å². The zero-order valence-corrected chi connectivity index (χ0v) is 36.9. The largest absolute Gasteiger partial charge is 1.00 e. The van der Waals surface area contributed by atoms with Crippen LogP contribution in [0.15, 0.2) is 77.4 Å². The van der Waals surface area contributed by atoms with Crippen molar-refractivity contribution in [1.29, 1.82) is 0 Å². The molecule has 3 aromatic rings. The van der Waals surface area contributed by atoms with Crippen LogP contribution in [0.25, 0.3) is 5.57 Å². The molecule has 2 unspecified atom stereocenters. The zero-order valence-electron chi connectivity index (χ0n) is 30.7. The predicted octanol–water partition coefficient (Wildman–Crippen LogP) is 0.520. The Bertz CT molecular complexity index is 1550. The number of hydrogen-bond donors (Lipinski definition) is 0. The Balaban J connectivity index is 0.00000353. The first-order valence-corrected chi connectivity index (χ1v) is 21.9. The predicted molar refractivity (Wildman–Crippen MR) is 194 cm³/mol. The van der Waals surface area contributed by atoms with Gasteiger partial charge in [-0.25, -0.2) is 0 Å². The molecule has 6 heteroatoms. The fourth-order valence-corrected chi connectivity index (χ4v) is 11.9. The first-order valence-electron chi connectivity index (χ1n) is 16.1. The van der Waals surface area contributed by atoms with Gasteiger partial charge in [-0.15, -0.1) is 0 Å². The van der Waals surface area contributed by atoms with Gasteiger partial charge in [-0.05, 0) is 0 Å². The summed E-state index contributed by atoms with van der Waals surface area (Å²) < 4.78 is -0.0796. The molecule has 0 amide bonds. The average molecular weight is 746 g/mol. The molecular weight excluding hydrogens is 691 g/mol. The van der Waals surface area contributed by atoms with E-state index in [1.807, 2.05) is 0 Å². The SMILES string of the molecule is CC1=C(C)[C]([Ti+3])(C([SiH2]c2ccc([Si](C)(C)C)cc2)c2cc(C)cc(C)c2)C(c2cc(C(C)(C)C)cc(C(C)(C)C)c2)=C1C.[Cl-].[Cl-].[Cl-]. The molecule has 0 spiro atoms. The molecule has 0 aliphatic heterocycles. The van der Waals surface area contributed by atoms with Crippen LogP contribution >= 0.6 is 0 Å². The molecule has 0 saturated carbocycles. The second kappa shape index (κ2) is 15.4. The standard InChI is InChI=1S/C40H55Si2.3ClH.Ti/c1-25-19-26(2)21-31(20-25)38(41-34-15-17-35(18-16-34)42(12,13)14)37-29(5)27(3)28(4)36(37)30-22-32(39(6,7)8)24-33(23-30)40(9,10)11;;;;/h15-24,38H,41H2,1-14H3;3*1H;/q;;;;+3/p-3. The van der Waals surface area contributed by atoms with Gasteiger partial charge in [0, 0.05) is 0 Å². The number of rotatable bonds is 6. The summed E-state index contributed by atoms with van der Waals surface area (Å²) in [5.41, 5.74) is 15.2. The van der Waals surface area contributed by atoms with Gasteiger partial charge in [0.2, 0.25) is 0 Å². The molecule has 248 valence electrons. The van der Waals surface area contributed by atoms with Crippen LogP contribution < -0.4 is 47.6 Å². The van der Waals surface area contributed by atoms with E-state index in [0.29, 0.717) is 5.54 Å². The van der Waals surface area contributed by atoms with Crippen molar-refractivity contribution >= 4 is 33.5 Å². The van der Waals surface area contributed by atoms with E-state index in [0.717, 1.165) is 0 Å². The summed E-state index contributed by atoms with van der Waals surface area (Å²) in [6.07, 6.45) is 0. The van der Waals surface area contributed by atoms with Crippen molar-refractivity contribution in [3.63, 3.8) is 0 Å². The number of halogens is 3. The summed E-state index contributed by atoms with van der Waals surface area (Å²) in [6.45, 7) is 33.2. The summed E-state index contributed by atoms with van der Waals surface area (Å²) in [5.74, 6) is 0. The van der Waals surface area contributed by atoms with Gasteiger partial charge in [-0.3, -0.25) is 0 Å². The number of allylic oxidation sites excluding steroid dienone is 4. The molecule has 0 bridgehead atoms. The molecule has 0 fully saturated rings. The molecule has 1 aliphatic carbocycles. The minimum Gasteiger partial charge on any atom is -1.00 e. The Labute approximate surface area is 315 Å². The van der Waals surface area contributed by atoms with E-state index in [2.05, 4.69) is 177 Å². The summed E-state index contributed by atoms with van der Waals surface area (Å²) >= 11 is 2.59. The van der Waals surface area contributed by atoms with Crippen LogP contribution in [0.1, 0.15) is 101 Å². The second-order valence-electron chi connectivity index (χ2n) is 16.5. The molecule has 4 rings (SSSR count). The molecule has 2 atom stereocenters. The Morgan fingerprint density at radius 3 is 1.52 bits per heavy atom. The van der Waals surface area contributed by atoms with Crippen LogP contribution in [0.2, 0.25) is 23.4 Å². The van der Waals surface area contributed by atoms with Crippen LogP contribution in [0.4, 0.5) is 0 Å². The third-order valence-corrected chi connectivity index (χ3v) is 16.5. The first kappa shape index (κ1) is 43.2. The van der Waals surface area contributed by atoms with Crippen LogP contribution in [0.5, 0.6) is 0 Å². The average Bonchev–Trinajstić information content (AvgIpc) is 3.05. The van der Waals surface area contributed by atoms with Crippen LogP contribution in [0.3, 0.4) is 0 Å². The van der Waals surface area contributed by atoms with Gasteiger partial charge in [0.25, 0.3) is 0 Å². The summed E-state index contributed by atoms with van der Waals surface area (Å²) in [6, 6.07) is 24.7. The van der Waals surface area contributed by atoms with Gasteiger partial charge in [-0.1, -0.05) is 0 Å². The zero-order chi connectivity index (χ0) is 32.3. The maximum atomic E-state index is 2.59. The number of aryl methyl sites for hydroxylation is 2. The Hall–Kier alpha value is -0.842. The van der Waals surface area contributed by atoms with Gasteiger partial charge < -0.3 is 37.2 Å². The minimum absolute atomic E-state index is 0. The van der Waals surface area contributed by atoms with Gasteiger partial charge in [0.1, 0.15) is 0 Å². The van der Waals surface area contributed by atoms with E-state index in [-0.39, 0.29) is 51.8 Å². The van der Waals surface area contributed by atoms with E-state index >= 15 is 0 Å². The molecule has 0 saturated heterocycles. The number of benzene rings is 3. The molecule has 3 aromatic carbocycles. The molecule has 0 radical (unpaired) electrons. The molecule has 0 heterocycles. The van der Waals surface area contributed by atoms with Gasteiger partial charge >= 0.3 is 281 Å². The van der Waals surface area contributed by atoms with E-state index in [1.54, 1.807) is 21.5 Å². The van der Waals surface area contributed by atoms with Crippen molar-refractivity contribution < 1.29 is 57.7 Å². The van der Waals surface area contributed by atoms with Crippen molar-refractivity contribution in [3.8, 4) is 0 Å². The van der Waals surface area contributed by atoms with Gasteiger partial charge in [0.05, 0.1) is 0 Å². The molecule has 0 nitrogen and oxygen atoms in total. The molecule has 1 aliphatic rings. The maximum Gasteiger partial charge on any atom is -1.00 e. The van der Waals surface area contributed by atoms with E-state index in [1.165, 1.54) is 44.5 Å². The minimum atomic E-state index is -1.34. The van der Waals surface area contributed by atoms with E-state index in [4.69, 9.17) is 0 Å².